The van der Waals surface area contributed by atoms with Gasteiger partial charge in [0.25, 0.3) is 0 Å². The summed E-state index contributed by atoms with van der Waals surface area (Å²) in [6.07, 6.45) is 3.15. The topological polar surface area (TPSA) is 107 Å². The molecule has 0 fully saturated rings. The Bertz CT molecular complexity index is 333. The average Bonchev–Trinajstić information content (AvgIpc) is 2.36. The quantitative estimate of drug-likeness (QED) is 0.528. The molecule has 2 amide bonds. The third-order valence-electron chi connectivity index (χ3n) is 2.92. The Balaban J connectivity index is 4.18. The molecule has 0 aliphatic carbocycles. The van der Waals surface area contributed by atoms with Gasteiger partial charge in [-0.15, -0.1) is 0 Å². The summed E-state index contributed by atoms with van der Waals surface area (Å²) in [5, 5.41) is 19.9. The maximum Gasteiger partial charge on any atom is 0.326 e. The first-order chi connectivity index (χ1) is 9.38. The Kier molecular flexibility index (Phi) is 9.15. The van der Waals surface area contributed by atoms with Gasteiger partial charge in [-0.25, -0.2) is 9.59 Å². The first-order valence-corrected chi connectivity index (χ1v) is 6.84. The summed E-state index contributed by atoms with van der Waals surface area (Å²) in [5.74, 6) is -2.12. The number of nitrogens with zero attached hydrogens (tertiary/aromatic N) is 1. The molecule has 116 valence electrons. The molecule has 0 rings (SSSR count). The number of carboxylic acids is 2. The summed E-state index contributed by atoms with van der Waals surface area (Å²) in [4.78, 5) is 34.6. The van der Waals surface area contributed by atoms with E-state index in [9.17, 15) is 14.4 Å². The second-order valence-electron chi connectivity index (χ2n) is 4.75. The molecular weight excluding hydrogens is 264 g/mol. The van der Waals surface area contributed by atoms with Crippen LogP contribution in [0.2, 0.25) is 0 Å². The number of aliphatic carboxylic acids is 2. The minimum Gasteiger partial charge on any atom is -0.481 e. The third kappa shape index (κ3) is 8.34. The summed E-state index contributed by atoms with van der Waals surface area (Å²) >= 11 is 0. The van der Waals surface area contributed by atoms with E-state index in [0.29, 0.717) is 6.54 Å². The van der Waals surface area contributed by atoms with Gasteiger partial charge in [0.1, 0.15) is 6.04 Å². The second kappa shape index (κ2) is 10.1. The standard InChI is InChI=1S/C13H24N2O5/c1-3-4-5-9-15(2)13(20)14-10(12(18)19)7-6-8-11(16)17/h10H,3-9H2,1-2H3,(H,14,20)(H,16,17)(H,18,19)/t10-/m1/s1. The van der Waals surface area contributed by atoms with Gasteiger partial charge in [-0.2, -0.15) is 0 Å². The molecule has 0 saturated carbocycles. The van der Waals surface area contributed by atoms with E-state index in [4.69, 9.17) is 10.2 Å². The van der Waals surface area contributed by atoms with Gasteiger partial charge < -0.3 is 20.4 Å². The van der Waals surface area contributed by atoms with E-state index in [0.717, 1.165) is 19.3 Å². The molecule has 0 aliphatic rings. The number of urea groups is 1. The number of unbranched alkanes of at least 4 members (excludes halogenated alkanes) is 2. The zero-order valence-corrected chi connectivity index (χ0v) is 12.1. The van der Waals surface area contributed by atoms with E-state index in [1.54, 1.807) is 7.05 Å². The van der Waals surface area contributed by atoms with E-state index < -0.39 is 24.0 Å². The Hall–Kier alpha value is -1.79. The molecule has 0 saturated heterocycles. The Morgan fingerprint density at radius 1 is 1.15 bits per heavy atom. The zero-order chi connectivity index (χ0) is 15.5. The largest absolute Gasteiger partial charge is 0.481 e. The Morgan fingerprint density at radius 2 is 1.80 bits per heavy atom. The highest BCUT2D eigenvalue weighted by Crippen LogP contribution is 2.03. The molecule has 0 spiro atoms. The predicted octanol–water partition coefficient (Wildman–Crippen LogP) is 1.53. The number of amides is 2. The summed E-state index contributed by atoms with van der Waals surface area (Å²) in [5.41, 5.74) is 0. The molecule has 20 heavy (non-hydrogen) atoms. The molecule has 7 nitrogen and oxygen atoms in total. The zero-order valence-electron chi connectivity index (χ0n) is 12.1. The molecule has 0 aromatic rings. The number of hydrogen-bond donors (Lipinski definition) is 3. The van der Waals surface area contributed by atoms with Crippen molar-refractivity contribution in [2.75, 3.05) is 13.6 Å². The van der Waals surface area contributed by atoms with Crippen LogP contribution in [0.4, 0.5) is 4.79 Å². The van der Waals surface area contributed by atoms with Crippen molar-refractivity contribution >= 4 is 18.0 Å². The molecule has 3 N–H and O–H groups in total. The van der Waals surface area contributed by atoms with Crippen molar-refractivity contribution in [3.8, 4) is 0 Å². The molecule has 0 aromatic heterocycles. The van der Waals surface area contributed by atoms with Crippen LogP contribution in [0.25, 0.3) is 0 Å². The van der Waals surface area contributed by atoms with Gasteiger partial charge in [0.2, 0.25) is 0 Å². The van der Waals surface area contributed by atoms with Gasteiger partial charge >= 0.3 is 18.0 Å². The molecule has 1 atom stereocenters. The number of hydrogen-bond acceptors (Lipinski definition) is 3. The highest BCUT2D eigenvalue weighted by molar-refractivity contribution is 5.82. The summed E-state index contributed by atoms with van der Waals surface area (Å²) < 4.78 is 0. The number of carboxylic acid groups (broad SMARTS) is 2. The molecule has 0 aromatic carbocycles. The van der Waals surface area contributed by atoms with Gasteiger partial charge in [0.05, 0.1) is 0 Å². The first-order valence-electron chi connectivity index (χ1n) is 6.84. The maximum absolute atomic E-state index is 11.8. The summed E-state index contributed by atoms with van der Waals surface area (Å²) in [6, 6.07) is -1.49. The van der Waals surface area contributed by atoms with Crippen molar-refractivity contribution in [3.05, 3.63) is 0 Å². The fourth-order valence-corrected chi connectivity index (χ4v) is 1.67. The maximum atomic E-state index is 11.8. The van der Waals surface area contributed by atoms with Crippen molar-refractivity contribution < 1.29 is 24.6 Å². The van der Waals surface area contributed by atoms with Crippen LogP contribution in [-0.4, -0.2) is 52.7 Å². The van der Waals surface area contributed by atoms with E-state index in [1.807, 2.05) is 0 Å². The second-order valence-corrected chi connectivity index (χ2v) is 4.75. The third-order valence-corrected chi connectivity index (χ3v) is 2.92. The lowest BCUT2D eigenvalue weighted by atomic mass is 10.1. The van der Waals surface area contributed by atoms with Crippen molar-refractivity contribution in [2.45, 2.75) is 51.5 Å². The van der Waals surface area contributed by atoms with Gasteiger partial charge in [-0.3, -0.25) is 4.79 Å². The van der Waals surface area contributed by atoms with Gasteiger partial charge in [-0.1, -0.05) is 19.8 Å². The lowest BCUT2D eigenvalue weighted by Gasteiger charge is -2.21. The highest BCUT2D eigenvalue weighted by Gasteiger charge is 2.21. The van der Waals surface area contributed by atoms with Gasteiger partial charge in [0, 0.05) is 20.0 Å². The van der Waals surface area contributed by atoms with E-state index in [1.165, 1.54) is 4.90 Å². The van der Waals surface area contributed by atoms with Crippen LogP contribution in [0.5, 0.6) is 0 Å². The van der Waals surface area contributed by atoms with Gasteiger partial charge in [0.15, 0.2) is 0 Å². The first kappa shape index (κ1) is 18.2. The number of carbonyl (C=O) groups is 3. The molecule has 0 aliphatic heterocycles. The number of carbonyl (C=O) groups excluding carboxylic acids is 1. The molecule has 0 radical (unpaired) electrons. The summed E-state index contributed by atoms with van der Waals surface area (Å²) in [6.45, 7) is 2.63. The minimum absolute atomic E-state index is 0.105. The monoisotopic (exact) mass is 288 g/mol. The van der Waals surface area contributed by atoms with E-state index in [-0.39, 0.29) is 19.3 Å². The van der Waals surface area contributed by atoms with E-state index >= 15 is 0 Å². The van der Waals surface area contributed by atoms with Crippen LogP contribution in [-0.2, 0) is 9.59 Å². The Morgan fingerprint density at radius 3 is 2.30 bits per heavy atom. The van der Waals surface area contributed by atoms with Crippen molar-refractivity contribution in [1.82, 2.24) is 10.2 Å². The fraction of sp³-hybridized carbons (Fsp3) is 0.769. The minimum atomic E-state index is -1.15. The van der Waals surface area contributed by atoms with Crippen LogP contribution in [0.1, 0.15) is 45.4 Å². The smallest absolute Gasteiger partial charge is 0.326 e. The predicted molar refractivity (Wildman–Crippen MR) is 73.6 cm³/mol. The van der Waals surface area contributed by atoms with Gasteiger partial charge in [-0.05, 0) is 19.3 Å². The molecule has 7 heteroatoms. The lowest BCUT2D eigenvalue weighted by molar-refractivity contribution is -0.140. The summed E-state index contributed by atoms with van der Waals surface area (Å²) in [7, 11) is 1.61. The van der Waals surface area contributed by atoms with E-state index in [2.05, 4.69) is 12.2 Å². The number of rotatable bonds is 10. The van der Waals surface area contributed by atoms with Crippen molar-refractivity contribution in [3.63, 3.8) is 0 Å². The van der Waals surface area contributed by atoms with Crippen LogP contribution < -0.4 is 5.32 Å². The van der Waals surface area contributed by atoms with Crippen LogP contribution in [0.3, 0.4) is 0 Å². The highest BCUT2D eigenvalue weighted by atomic mass is 16.4. The normalized spacial score (nSPS) is 11.7. The molecule has 0 bridgehead atoms. The Labute approximate surface area is 119 Å². The molecular formula is C13H24N2O5. The number of nitrogens with one attached hydrogen (secondary N) is 1. The SMILES string of the molecule is CCCCCN(C)C(=O)N[C@H](CCCC(=O)O)C(=O)O. The lowest BCUT2D eigenvalue weighted by Crippen LogP contribution is -2.46. The fourth-order valence-electron chi connectivity index (χ4n) is 1.67. The van der Waals surface area contributed by atoms with Crippen molar-refractivity contribution in [1.29, 1.82) is 0 Å². The molecule has 0 unspecified atom stereocenters. The van der Waals surface area contributed by atoms with Crippen LogP contribution >= 0.6 is 0 Å². The van der Waals surface area contributed by atoms with Crippen LogP contribution in [0, 0.1) is 0 Å². The molecule has 0 heterocycles. The van der Waals surface area contributed by atoms with Crippen molar-refractivity contribution in [2.24, 2.45) is 0 Å². The average molecular weight is 288 g/mol. The van der Waals surface area contributed by atoms with Crippen LogP contribution in [0.15, 0.2) is 0 Å².